The maximum atomic E-state index is 13.1. The topological polar surface area (TPSA) is 88.5 Å². The van der Waals surface area contributed by atoms with Crippen LogP contribution in [0.2, 0.25) is 28.3 Å². The molecular formula is C22H34Cl2N2O4Si. The fraction of sp³-hybridized carbons (Fsp3) is 0.591. The number of esters is 1. The van der Waals surface area contributed by atoms with Crippen molar-refractivity contribution in [3.8, 4) is 0 Å². The first-order chi connectivity index (χ1) is 14.2. The third-order valence-electron chi connectivity index (χ3n) is 5.79. The van der Waals surface area contributed by atoms with E-state index in [2.05, 4.69) is 38.0 Å². The zero-order chi connectivity index (χ0) is 24.0. The van der Waals surface area contributed by atoms with E-state index in [0.717, 1.165) is 12.8 Å². The molecule has 0 aliphatic carbocycles. The highest BCUT2D eigenvalue weighted by molar-refractivity contribution is 6.72. The van der Waals surface area contributed by atoms with E-state index in [1.165, 1.54) is 18.5 Å². The molecule has 0 aromatic carbocycles. The minimum atomic E-state index is -2.34. The van der Waals surface area contributed by atoms with E-state index in [1.54, 1.807) is 6.92 Å². The summed E-state index contributed by atoms with van der Waals surface area (Å²) in [6.45, 7) is 14.0. The first kappa shape index (κ1) is 27.6. The van der Waals surface area contributed by atoms with Crippen LogP contribution in [0.25, 0.3) is 0 Å². The monoisotopic (exact) mass is 488 g/mol. The Morgan fingerprint density at radius 1 is 1.32 bits per heavy atom. The molecule has 0 amide bonds. The fourth-order valence-corrected chi connectivity index (χ4v) is 3.88. The molecule has 2 N–H and O–H groups in total. The molecule has 0 radical (unpaired) electrons. The number of rotatable bonds is 11. The summed E-state index contributed by atoms with van der Waals surface area (Å²) in [6, 6.07) is 1.32. The highest BCUT2D eigenvalue weighted by Crippen LogP contribution is 2.40. The third kappa shape index (κ3) is 7.90. The van der Waals surface area contributed by atoms with Gasteiger partial charge in [-0.05, 0) is 49.9 Å². The molecule has 1 aromatic rings. The van der Waals surface area contributed by atoms with Crippen LogP contribution in [0.15, 0.2) is 24.0 Å². The van der Waals surface area contributed by atoms with Gasteiger partial charge in [0.1, 0.15) is 10.7 Å². The number of carbonyl (C=O) groups excluding carboxylic acids is 2. The minimum absolute atomic E-state index is 0.00986. The molecule has 1 atom stereocenters. The lowest BCUT2D eigenvalue weighted by atomic mass is 9.94. The van der Waals surface area contributed by atoms with Crippen LogP contribution in [0.3, 0.4) is 0 Å². The van der Waals surface area contributed by atoms with Crippen molar-refractivity contribution in [1.29, 1.82) is 0 Å². The number of hydrogen-bond donors (Lipinski definition) is 2. The van der Waals surface area contributed by atoms with Gasteiger partial charge in [-0.3, -0.25) is 4.79 Å². The molecule has 0 saturated carbocycles. The number of ether oxygens (including phenoxy) is 1. The number of carbonyl (C=O) groups is 2. The van der Waals surface area contributed by atoms with Crippen LogP contribution in [0, 0.1) is 5.92 Å². The molecule has 174 valence electrons. The second kappa shape index (κ2) is 11.5. The van der Waals surface area contributed by atoms with Crippen LogP contribution in [0.4, 0.5) is 0 Å². The van der Waals surface area contributed by atoms with Gasteiger partial charge in [0, 0.05) is 24.0 Å². The Morgan fingerprint density at radius 2 is 1.94 bits per heavy atom. The van der Waals surface area contributed by atoms with Crippen molar-refractivity contribution >= 4 is 43.3 Å². The lowest BCUT2D eigenvalue weighted by Crippen LogP contribution is -2.41. The van der Waals surface area contributed by atoms with Crippen molar-refractivity contribution in [2.45, 2.75) is 71.6 Å². The number of pyridine rings is 1. The van der Waals surface area contributed by atoms with Gasteiger partial charge in [0.25, 0.3) is 0 Å². The highest BCUT2D eigenvalue weighted by atomic mass is 35.5. The second-order valence-electron chi connectivity index (χ2n) is 9.09. The number of halogens is 2. The van der Waals surface area contributed by atoms with E-state index >= 15 is 0 Å². The Bertz CT molecular complexity index is 820. The van der Waals surface area contributed by atoms with Gasteiger partial charge in [0.15, 0.2) is 8.32 Å². The SMILES string of the molecule is CCOC(=O)/C(=C\N[C@H](CCC(C)(C)[Si](C)(C)O)C(C)C)C(=O)c1cc(Cl)ncc1Cl. The van der Waals surface area contributed by atoms with E-state index in [1.807, 2.05) is 13.1 Å². The largest absolute Gasteiger partial charge is 0.462 e. The normalized spacial score (nSPS) is 13.8. The molecule has 1 aromatic heterocycles. The first-order valence-corrected chi connectivity index (χ1v) is 14.1. The van der Waals surface area contributed by atoms with Gasteiger partial charge in [0.2, 0.25) is 5.78 Å². The Hall–Kier alpha value is -1.41. The lowest BCUT2D eigenvalue weighted by Gasteiger charge is -2.36. The van der Waals surface area contributed by atoms with Gasteiger partial charge >= 0.3 is 5.97 Å². The quantitative estimate of drug-likeness (QED) is 0.0824. The van der Waals surface area contributed by atoms with Crippen LogP contribution in [0.5, 0.6) is 0 Å². The van der Waals surface area contributed by atoms with Crippen molar-refractivity contribution in [2.24, 2.45) is 5.92 Å². The van der Waals surface area contributed by atoms with Crippen molar-refractivity contribution in [3.63, 3.8) is 0 Å². The van der Waals surface area contributed by atoms with Crippen LogP contribution in [-0.4, -0.2) is 42.5 Å². The number of hydrogen-bond acceptors (Lipinski definition) is 6. The standard InChI is InChI=1S/C22H34Cl2N2O4Si/c1-8-30-21(28)16(20(27)15-11-19(24)26-13-17(15)23)12-25-18(14(2)3)9-10-22(4,5)31(6,7)29/h11-14,18,25,29H,8-10H2,1-7H3/b16-12-/t18-/m1/s1. The van der Waals surface area contributed by atoms with Crippen LogP contribution in [0.1, 0.15) is 57.8 Å². The Balaban J connectivity index is 3.17. The number of nitrogens with one attached hydrogen (secondary N) is 1. The van der Waals surface area contributed by atoms with Crippen molar-refractivity contribution < 1.29 is 19.1 Å². The fourth-order valence-electron chi connectivity index (χ4n) is 2.78. The summed E-state index contributed by atoms with van der Waals surface area (Å²) in [5, 5.41) is 3.25. The van der Waals surface area contributed by atoms with Gasteiger partial charge in [0.05, 0.1) is 11.6 Å². The number of nitrogens with zero attached hydrogens (tertiary/aromatic N) is 1. The van der Waals surface area contributed by atoms with Gasteiger partial charge in [-0.2, -0.15) is 0 Å². The highest BCUT2D eigenvalue weighted by Gasteiger charge is 2.38. The summed E-state index contributed by atoms with van der Waals surface area (Å²) in [5.74, 6) is -1.10. The Labute approximate surface area is 196 Å². The van der Waals surface area contributed by atoms with E-state index in [-0.39, 0.29) is 44.9 Å². The van der Waals surface area contributed by atoms with Gasteiger partial charge in [-0.1, -0.05) is 50.9 Å². The zero-order valence-corrected chi connectivity index (χ0v) is 21.9. The number of Topliss-reactive ketones (excluding diaryl/α,β-unsaturated/α-hetero) is 1. The van der Waals surface area contributed by atoms with Crippen LogP contribution < -0.4 is 5.32 Å². The van der Waals surface area contributed by atoms with Gasteiger partial charge in [-0.25, -0.2) is 9.78 Å². The summed E-state index contributed by atoms with van der Waals surface area (Å²) in [6.07, 6.45) is 4.25. The zero-order valence-electron chi connectivity index (χ0n) is 19.4. The molecule has 0 aliphatic heterocycles. The summed E-state index contributed by atoms with van der Waals surface area (Å²) >= 11 is 12.0. The van der Waals surface area contributed by atoms with Crippen LogP contribution >= 0.6 is 23.2 Å². The smallest absolute Gasteiger partial charge is 0.343 e. The van der Waals surface area contributed by atoms with Crippen LogP contribution in [-0.2, 0) is 9.53 Å². The summed E-state index contributed by atoms with van der Waals surface area (Å²) in [5.41, 5.74) is -0.0779. The summed E-state index contributed by atoms with van der Waals surface area (Å²) < 4.78 is 5.08. The van der Waals surface area contributed by atoms with E-state index in [9.17, 15) is 14.4 Å². The molecule has 0 bridgehead atoms. The van der Waals surface area contributed by atoms with E-state index < -0.39 is 20.1 Å². The number of ketones is 1. The Morgan fingerprint density at radius 3 is 2.45 bits per heavy atom. The van der Waals surface area contributed by atoms with Crippen molar-refractivity contribution in [2.75, 3.05) is 6.61 Å². The van der Waals surface area contributed by atoms with Crippen molar-refractivity contribution in [3.05, 3.63) is 39.8 Å². The number of aromatic nitrogens is 1. The van der Waals surface area contributed by atoms with E-state index in [4.69, 9.17) is 27.9 Å². The third-order valence-corrected chi connectivity index (χ3v) is 9.86. The molecular weight excluding hydrogens is 455 g/mol. The molecule has 0 aliphatic rings. The Kier molecular flexibility index (Phi) is 10.2. The molecule has 0 unspecified atom stereocenters. The summed E-state index contributed by atoms with van der Waals surface area (Å²) in [7, 11) is -2.34. The summed E-state index contributed by atoms with van der Waals surface area (Å²) in [4.78, 5) is 40.0. The molecule has 1 heterocycles. The van der Waals surface area contributed by atoms with Gasteiger partial charge in [-0.15, -0.1) is 0 Å². The first-order valence-electron chi connectivity index (χ1n) is 10.4. The predicted octanol–water partition coefficient (Wildman–Crippen LogP) is 5.39. The second-order valence-corrected chi connectivity index (χ2v) is 14.4. The maximum absolute atomic E-state index is 13.1. The molecule has 0 spiro atoms. The molecule has 1 rings (SSSR count). The molecule has 6 nitrogen and oxygen atoms in total. The molecule has 31 heavy (non-hydrogen) atoms. The lowest BCUT2D eigenvalue weighted by molar-refractivity contribution is -0.138. The minimum Gasteiger partial charge on any atom is -0.462 e. The van der Waals surface area contributed by atoms with Crippen molar-refractivity contribution in [1.82, 2.24) is 10.3 Å². The average molecular weight is 490 g/mol. The molecule has 9 heteroatoms. The predicted molar refractivity (Wildman–Crippen MR) is 128 cm³/mol. The molecule has 0 fully saturated rings. The average Bonchev–Trinajstić information content (AvgIpc) is 2.64. The maximum Gasteiger partial charge on any atom is 0.343 e. The molecule has 0 saturated heterocycles. The van der Waals surface area contributed by atoms with Gasteiger partial charge < -0.3 is 14.8 Å². The van der Waals surface area contributed by atoms with E-state index in [0.29, 0.717) is 0 Å².